The Kier molecular flexibility index (Phi) is 5.85. The van der Waals surface area contributed by atoms with Crippen molar-refractivity contribution in [3.05, 3.63) is 71.8 Å². The summed E-state index contributed by atoms with van der Waals surface area (Å²) in [6, 6.07) is 17.3. The van der Waals surface area contributed by atoms with Crippen LogP contribution in [0, 0.1) is 0 Å². The van der Waals surface area contributed by atoms with Crippen LogP contribution < -0.4 is 19.7 Å². The molecule has 9 heteroatoms. The number of hydrogen-bond donors (Lipinski definition) is 1. The number of anilines is 2. The fourth-order valence-corrected chi connectivity index (χ4v) is 4.85. The summed E-state index contributed by atoms with van der Waals surface area (Å²) in [4.78, 5) is 41.6. The topological polar surface area (TPSA) is 94.2 Å². The molecule has 0 atom stereocenters. The van der Waals surface area contributed by atoms with Gasteiger partial charge in [0.25, 0.3) is 5.91 Å². The number of nitrogens with one attached hydrogen (secondary N) is 1. The summed E-state index contributed by atoms with van der Waals surface area (Å²) < 4.78 is 15.9. The number of hydrogen-bond acceptors (Lipinski definition) is 7. The molecule has 0 aromatic heterocycles. The molecule has 0 fully saturated rings. The van der Waals surface area contributed by atoms with Gasteiger partial charge >= 0.3 is 5.97 Å². The van der Waals surface area contributed by atoms with E-state index in [-0.39, 0.29) is 18.0 Å². The number of carbonyl (C=O) groups is 3. The molecule has 3 aromatic carbocycles. The first-order valence-electron chi connectivity index (χ1n) is 10.5. The Morgan fingerprint density at radius 1 is 1.00 bits per heavy atom. The highest BCUT2D eigenvalue weighted by Gasteiger charge is 2.30. The van der Waals surface area contributed by atoms with Gasteiger partial charge in [-0.2, -0.15) is 0 Å². The van der Waals surface area contributed by atoms with Gasteiger partial charge in [0.05, 0.1) is 23.9 Å². The molecule has 8 nitrogen and oxygen atoms in total. The van der Waals surface area contributed by atoms with Gasteiger partial charge in [-0.3, -0.25) is 14.5 Å². The van der Waals surface area contributed by atoms with Crippen LogP contribution in [0.3, 0.4) is 0 Å². The van der Waals surface area contributed by atoms with E-state index in [0.717, 1.165) is 9.79 Å². The van der Waals surface area contributed by atoms with Crippen molar-refractivity contribution in [2.75, 3.05) is 37.1 Å². The van der Waals surface area contributed by atoms with Crippen molar-refractivity contribution in [3.8, 4) is 11.5 Å². The van der Waals surface area contributed by atoms with Crippen LogP contribution >= 0.6 is 11.8 Å². The minimum atomic E-state index is -0.525. The molecule has 2 aliphatic rings. The Morgan fingerprint density at radius 2 is 1.79 bits per heavy atom. The van der Waals surface area contributed by atoms with Crippen molar-refractivity contribution in [2.24, 2.45) is 0 Å². The molecule has 0 radical (unpaired) electrons. The second kappa shape index (κ2) is 9.11. The maximum Gasteiger partial charge on any atom is 0.337 e. The molecule has 1 N–H and O–H groups in total. The minimum absolute atomic E-state index is 0.250. The standard InChI is InChI=1S/C25H20N2O6S/c1-31-25(30)15-6-9-22-18(12-15)27(24(29)17-4-2-3-5-21(17)34-22)14-23(28)26-16-7-8-19-20(13-16)33-11-10-32-19/h2-9,12-13H,10-11,14H2,1H3,(H,26,28). The summed E-state index contributed by atoms with van der Waals surface area (Å²) in [5, 5.41) is 2.82. The maximum atomic E-state index is 13.5. The van der Waals surface area contributed by atoms with Crippen LogP contribution in [0.4, 0.5) is 11.4 Å². The van der Waals surface area contributed by atoms with Crippen molar-refractivity contribution >= 4 is 40.9 Å². The van der Waals surface area contributed by atoms with E-state index in [0.29, 0.717) is 41.7 Å². The van der Waals surface area contributed by atoms with Gasteiger partial charge < -0.3 is 19.5 Å². The fourth-order valence-electron chi connectivity index (χ4n) is 3.79. The van der Waals surface area contributed by atoms with Crippen LogP contribution in [-0.2, 0) is 9.53 Å². The molecule has 0 spiro atoms. The van der Waals surface area contributed by atoms with E-state index in [2.05, 4.69) is 5.32 Å². The summed E-state index contributed by atoms with van der Waals surface area (Å²) in [5.74, 6) is -0.0918. The number of fused-ring (bicyclic) bond motifs is 3. The van der Waals surface area contributed by atoms with Crippen LogP contribution in [0.15, 0.2) is 70.5 Å². The molecule has 2 aliphatic heterocycles. The summed E-state index contributed by atoms with van der Waals surface area (Å²) in [6.07, 6.45) is 0. The first-order chi connectivity index (χ1) is 16.5. The van der Waals surface area contributed by atoms with E-state index in [1.807, 2.05) is 12.1 Å². The molecule has 0 aliphatic carbocycles. The smallest absolute Gasteiger partial charge is 0.337 e. The van der Waals surface area contributed by atoms with Crippen LogP contribution in [0.1, 0.15) is 20.7 Å². The second-order valence-corrected chi connectivity index (χ2v) is 8.65. The lowest BCUT2D eigenvalue weighted by molar-refractivity contribution is -0.114. The Hall–Kier alpha value is -3.98. The highest BCUT2D eigenvalue weighted by atomic mass is 32.2. The Morgan fingerprint density at radius 3 is 2.62 bits per heavy atom. The Balaban J connectivity index is 1.47. The third-order valence-electron chi connectivity index (χ3n) is 5.38. The molecule has 34 heavy (non-hydrogen) atoms. The predicted molar refractivity (Wildman–Crippen MR) is 126 cm³/mol. The highest BCUT2D eigenvalue weighted by molar-refractivity contribution is 7.99. The number of methoxy groups -OCH3 is 1. The molecule has 5 rings (SSSR count). The van der Waals surface area contributed by atoms with Crippen molar-refractivity contribution in [2.45, 2.75) is 9.79 Å². The van der Waals surface area contributed by atoms with Gasteiger partial charge in [-0.25, -0.2) is 4.79 Å². The number of benzene rings is 3. The molecule has 172 valence electrons. The molecule has 2 heterocycles. The summed E-state index contributed by atoms with van der Waals surface area (Å²) in [5.41, 5.74) is 1.76. The average Bonchev–Trinajstić information content (AvgIpc) is 2.97. The lowest BCUT2D eigenvalue weighted by Crippen LogP contribution is -2.38. The highest BCUT2D eigenvalue weighted by Crippen LogP contribution is 2.42. The van der Waals surface area contributed by atoms with Crippen molar-refractivity contribution in [1.82, 2.24) is 0 Å². The first kappa shape index (κ1) is 21.8. The summed E-state index contributed by atoms with van der Waals surface area (Å²) in [7, 11) is 1.29. The fraction of sp³-hybridized carbons (Fsp3) is 0.160. The van der Waals surface area contributed by atoms with E-state index in [9.17, 15) is 14.4 Å². The van der Waals surface area contributed by atoms with E-state index in [1.54, 1.807) is 48.5 Å². The van der Waals surface area contributed by atoms with Gasteiger partial charge in [0.2, 0.25) is 5.91 Å². The molecular weight excluding hydrogens is 456 g/mol. The number of rotatable bonds is 4. The lowest BCUT2D eigenvalue weighted by Gasteiger charge is -2.23. The van der Waals surface area contributed by atoms with E-state index >= 15 is 0 Å². The van der Waals surface area contributed by atoms with Crippen LogP contribution in [0.2, 0.25) is 0 Å². The lowest BCUT2D eigenvalue weighted by atomic mass is 10.1. The SMILES string of the molecule is COC(=O)c1ccc2c(c1)N(CC(=O)Nc1ccc3c(c1)OCCO3)C(=O)c1ccccc1S2. The number of esters is 1. The number of ether oxygens (including phenoxy) is 3. The summed E-state index contributed by atoms with van der Waals surface area (Å²) in [6.45, 7) is 0.658. The predicted octanol–water partition coefficient (Wildman–Crippen LogP) is 3.99. The Labute approximate surface area is 199 Å². The van der Waals surface area contributed by atoms with Gasteiger partial charge in [0, 0.05) is 21.5 Å². The maximum absolute atomic E-state index is 13.5. The Bertz CT molecular complexity index is 1310. The number of nitrogens with zero attached hydrogens (tertiary/aromatic N) is 1. The van der Waals surface area contributed by atoms with Gasteiger partial charge in [0.1, 0.15) is 19.8 Å². The van der Waals surface area contributed by atoms with Gasteiger partial charge in [0.15, 0.2) is 11.5 Å². The minimum Gasteiger partial charge on any atom is -0.486 e. The molecule has 0 unspecified atom stereocenters. The summed E-state index contributed by atoms with van der Waals surface area (Å²) >= 11 is 1.41. The first-order valence-corrected chi connectivity index (χ1v) is 11.4. The second-order valence-electron chi connectivity index (χ2n) is 7.57. The molecular formula is C25H20N2O6S. The molecule has 0 saturated heterocycles. The average molecular weight is 477 g/mol. The van der Waals surface area contributed by atoms with Gasteiger partial charge in [-0.15, -0.1) is 0 Å². The monoisotopic (exact) mass is 476 g/mol. The largest absolute Gasteiger partial charge is 0.486 e. The normalized spacial score (nSPS) is 13.9. The van der Waals surface area contributed by atoms with Crippen LogP contribution in [0.5, 0.6) is 11.5 Å². The zero-order valence-corrected chi connectivity index (χ0v) is 19.0. The van der Waals surface area contributed by atoms with Crippen molar-refractivity contribution < 1.29 is 28.6 Å². The molecule has 2 amide bonds. The van der Waals surface area contributed by atoms with Gasteiger partial charge in [-0.05, 0) is 42.5 Å². The van der Waals surface area contributed by atoms with E-state index in [4.69, 9.17) is 14.2 Å². The number of carbonyl (C=O) groups excluding carboxylic acids is 3. The van der Waals surface area contributed by atoms with Crippen molar-refractivity contribution in [3.63, 3.8) is 0 Å². The number of amides is 2. The third kappa shape index (κ3) is 4.17. The molecule has 3 aromatic rings. The zero-order valence-electron chi connectivity index (χ0n) is 18.2. The molecule has 0 saturated carbocycles. The van der Waals surface area contributed by atoms with Crippen molar-refractivity contribution in [1.29, 1.82) is 0 Å². The van der Waals surface area contributed by atoms with E-state index in [1.165, 1.54) is 23.8 Å². The quantitative estimate of drug-likeness (QED) is 0.569. The van der Waals surface area contributed by atoms with E-state index < -0.39 is 11.9 Å². The van der Waals surface area contributed by atoms with Gasteiger partial charge in [-0.1, -0.05) is 23.9 Å². The molecule has 0 bridgehead atoms. The zero-order chi connectivity index (χ0) is 23.7. The van der Waals surface area contributed by atoms with Crippen LogP contribution in [0.25, 0.3) is 0 Å². The van der Waals surface area contributed by atoms with Crippen LogP contribution in [-0.4, -0.2) is 44.7 Å². The third-order valence-corrected chi connectivity index (χ3v) is 6.52.